The number of nitrogens with two attached hydrogens (primary N) is 1. The van der Waals surface area contributed by atoms with Crippen LogP contribution < -0.4 is 11.1 Å². The Morgan fingerprint density at radius 1 is 1.30 bits per heavy atom. The van der Waals surface area contributed by atoms with E-state index in [0.29, 0.717) is 23.1 Å². The summed E-state index contributed by atoms with van der Waals surface area (Å²) < 4.78 is 0. The van der Waals surface area contributed by atoms with Crippen molar-refractivity contribution in [3.63, 3.8) is 0 Å². The van der Waals surface area contributed by atoms with Gasteiger partial charge in [-0.25, -0.2) is 9.97 Å². The lowest BCUT2D eigenvalue weighted by Gasteiger charge is -2.12. The molecular formula is C15H15N5. The maximum Gasteiger partial charge on any atom is 0.139 e. The third-order valence-corrected chi connectivity index (χ3v) is 3.44. The van der Waals surface area contributed by atoms with Crippen LogP contribution in [0.15, 0.2) is 24.3 Å². The summed E-state index contributed by atoms with van der Waals surface area (Å²) in [5.41, 5.74) is 8.08. The molecule has 1 saturated carbocycles. The predicted octanol–water partition coefficient (Wildman–Crippen LogP) is 2.86. The van der Waals surface area contributed by atoms with Crippen LogP contribution >= 0.6 is 0 Å². The molecule has 0 spiro atoms. The van der Waals surface area contributed by atoms with Gasteiger partial charge in [-0.3, -0.25) is 0 Å². The van der Waals surface area contributed by atoms with E-state index in [0.717, 1.165) is 29.9 Å². The van der Waals surface area contributed by atoms with Crippen LogP contribution in [0.5, 0.6) is 0 Å². The summed E-state index contributed by atoms with van der Waals surface area (Å²) >= 11 is 0. The zero-order valence-corrected chi connectivity index (χ0v) is 11.2. The summed E-state index contributed by atoms with van der Waals surface area (Å²) in [5, 5.41) is 12.3. The van der Waals surface area contributed by atoms with Crippen molar-refractivity contribution in [2.24, 2.45) is 0 Å². The van der Waals surface area contributed by atoms with E-state index in [-0.39, 0.29) is 0 Å². The smallest absolute Gasteiger partial charge is 0.139 e. The van der Waals surface area contributed by atoms with Crippen LogP contribution in [-0.2, 0) is 0 Å². The van der Waals surface area contributed by atoms with Gasteiger partial charge in [0.2, 0.25) is 0 Å². The number of nitriles is 1. The van der Waals surface area contributed by atoms with Crippen LogP contribution in [0.2, 0.25) is 0 Å². The van der Waals surface area contributed by atoms with E-state index >= 15 is 0 Å². The third kappa shape index (κ3) is 2.28. The molecular weight excluding hydrogens is 250 g/mol. The van der Waals surface area contributed by atoms with Crippen molar-refractivity contribution in [3.8, 4) is 6.07 Å². The number of benzene rings is 1. The third-order valence-electron chi connectivity index (χ3n) is 3.44. The maximum absolute atomic E-state index is 9.13. The highest BCUT2D eigenvalue weighted by atomic mass is 15.1. The second-order valence-electron chi connectivity index (χ2n) is 5.00. The number of hydrogen-bond acceptors (Lipinski definition) is 5. The van der Waals surface area contributed by atoms with Gasteiger partial charge in [0.05, 0.1) is 11.3 Å². The average molecular weight is 265 g/mol. The van der Waals surface area contributed by atoms with Crippen LogP contribution in [0.3, 0.4) is 0 Å². The van der Waals surface area contributed by atoms with Crippen molar-refractivity contribution < 1.29 is 0 Å². The fraction of sp³-hybridized carbons (Fsp3) is 0.267. The first-order valence-corrected chi connectivity index (χ1v) is 6.59. The molecule has 3 N–H and O–H groups in total. The molecule has 0 atom stereocenters. The molecule has 0 amide bonds. The molecule has 1 aromatic carbocycles. The summed E-state index contributed by atoms with van der Waals surface area (Å²) in [6.07, 6.45) is 2.24. The van der Waals surface area contributed by atoms with Gasteiger partial charge in [0, 0.05) is 11.5 Å². The molecule has 100 valence electrons. The molecule has 0 saturated heterocycles. The Morgan fingerprint density at radius 2 is 2.05 bits per heavy atom. The molecule has 2 aromatic rings. The van der Waals surface area contributed by atoms with Gasteiger partial charge < -0.3 is 11.1 Å². The van der Waals surface area contributed by atoms with Crippen LogP contribution in [0, 0.1) is 18.3 Å². The average Bonchev–Trinajstić information content (AvgIpc) is 3.28. The molecule has 1 aromatic heterocycles. The van der Waals surface area contributed by atoms with Crippen molar-refractivity contribution >= 4 is 17.3 Å². The van der Waals surface area contributed by atoms with Gasteiger partial charge in [-0.2, -0.15) is 5.26 Å². The van der Waals surface area contributed by atoms with Crippen LogP contribution in [0.1, 0.15) is 35.7 Å². The number of anilines is 3. The first-order chi connectivity index (χ1) is 9.69. The minimum absolute atomic E-state index is 0.435. The van der Waals surface area contributed by atoms with Gasteiger partial charge in [0.25, 0.3) is 0 Å². The Balaban J connectivity index is 2.00. The Kier molecular flexibility index (Phi) is 2.99. The second kappa shape index (κ2) is 4.82. The van der Waals surface area contributed by atoms with Crippen molar-refractivity contribution in [1.82, 2.24) is 9.97 Å². The molecule has 0 unspecified atom stereocenters. The quantitative estimate of drug-likeness (QED) is 0.890. The number of para-hydroxylation sites is 1. The maximum atomic E-state index is 9.13. The number of nitrogen functional groups attached to an aromatic ring is 1. The highest BCUT2D eigenvalue weighted by Crippen LogP contribution is 2.39. The summed E-state index contributed by atoms with van der Waals surface area (Å²) in [5.74, 6) is 2.41. The minimum atomic E-state index is 0.435. The fourth-order valence-corrected chi connectivity index (χ4v) is 2.01. The van der Waals surface area contributed by atoms with Gasteiger partial charge in [0.1, 0.15) is 23.5 Å². The molecule has 0 bridgehead atoms. The van der Waals surface area contributed by atoms with Crippen molar-refractivity contribution in [3.05, 3.63) is 41.2 Å². The molecule has 1 aliphatic rings. The molecule has 5 nitrogen and oxygen atoms in total. The van der Waals surface area contributed by atoms with E-state index in [4.69, 9.17) is 11.0 Å². The lowest BCUT2D eigenvalue weighted by Crippen LogP contribution is -2.07. The number of nitrogens with one attached hydrogen (secondary N) is 1. The Bertz CT molecular complexity index is 698. The van der Waals surface area contributed by atoms with Crippen molar-refractivity contribution in [1.29, 1.82) is 5.26 Å². The summed E-state index contributed by atoms with van der Waals surface area (Å²) in [6.45, 7) is 1.88. The van der Waals surface area contributed by atoms with Gasteiger partial charge >= 0.3 is 0 Å². The van der Waals surface area contributed by atoms with E-state index in [9.17, 15) is 0 Å². The van der Waals surface area contributed by atoms with Gasteiger partial charge in [-0.05, 0) is 31.9 Å². The van der Waals surface area contributed by atoms with E-state index in [1.807, 2.05) is 25.1 Å². The number of aromatic nitrogens is 2. The fourth-order valence-electron chi connectivity index (χ4n) is 2.01. The molecule has 1 aliphatic carbocycles. The lowest BCUT2D eigenvalue weighted by molar-refractivity contribution is 0.928. The Labute approximate surface area is 117 Å². The Morgan fingerprint density at radius 3 is 2.75 bits per heavy atom. The molecule has 1 fully saturated rings. The van der Waals surface area contributed by atoms with E-state index in [2.05, 4.69) is 21.4 Å². The zero-order chi connectivity index (χ0) is 14.1. The first kappa shape index (κ1) is 12.4. The number of nitrogens with zero attached hydrogens (tertiary/aromatic N) is 3. The molecule has 0 radical (unpaired) electrons. The lowest BCUT2D eigenvalue weighted by atomic mass is 10.2. The minimum Gasteiger partial charge on any atom is -0.383 e. The largest absolute Gasteiger partial charge is 0.383 e. The van der Waals surface area contributed by atoms with Crippen LogP contribution in [0.25, 0.3) is 0 Å². The van der Waals surface area contributed by atoms with Crippen molar-refractivity contribution in [2.75, 3.05) is 11.1 Å². The standard InChI is InChI=1S/C15H15N5/c1-9-13(17)19-15(10-6-7-10)20-14(9)18-12-5-3-2-4-11(12)8-16/h2-5,10H,6-7H2,1H3,(H3,17,18,19,20). The SMILES string of the molecule is Cc1c(N)nc(C2CC2)nc1Nc1ccccc1C#N. The zero-order valence-electron chi connectivity index (χ0n) is 11.2. The van der Waals surface area contributed by atoms with Crippen LogP contribution in [0.4, 0.5) is 17.3 Å². The van der Waals surface area contributed by atoms with E-state index in [1.165, 1.54) is 0 Å². The topological polar surface area (TPSA) is 87.6 Å². The Hall–Kier alpha value is -2.61. The molecule has 20 heavy (non-hydrogen) atoms. The molecule has 3 rings (SSSR count). The number of rotatable bonds is 3. The van der Waals surface area contributed by atoms with Gasteiger partial charge in [0.15, 0.2) is 0 Å². The highest BCUT2D eigenvalue weighted by molar-refractivity contribution is 5.68. The van der Waals surface area contributed by atoms with E-state index in [1.54, 1.807) is 6.07 Å². The monoisotopic (exact) mass is 265 g/mol. The predicted molar refractivity (Wildman–Crippen MR) is 77.6 cm³/mol. The second-order valence-corrected chi connectivity index (χ2v) is 5.00. The van der Waals surface area contributed by atoms with Gasteiger partial charge in [-0.1, -0.05) is 12.1 Å². The molecule has 0 aliphatic heterocycles. The van der Waals surface area contributed by atoms with Crippen LogP contribution in [-0.4, -0.2) is 9.97 Å². The summed E-state index contributed by atoms with van der Waals surface area (Å²) in [6, 6.07) is 9.50. The molecule has 1 heterocycles. The molecule has 5 heteroatoms. The van der Waals surface area contributed by atoms with Crippen molar-refractivity contribution in [2.45, 2.75) is 25.7 Å². The summed E-state index contributed by atoms with van der Waals surface area (Å²) in [4.78, 5) is 8.90. The number of hydrogen-bond donors (Lipinski definition) is 2. The first-order valence-electron chi connectivity index (χ1n) is 6.59. The highest BCUT2D eigenvalue weighted by Gasteiger charge is 2.28. The van der Waals surface area contributed by atoms with E-state index < -0.39 is 0 Å². The summed E-state index contributed by atoms with van der Waals surface area (Å²) in [7, 11) is 0. The normalized spacial score (nSPS) is 13.8. The van der Waals surface area contributed by atoms with Gasteiger partial charge in [-0.15, -0.1) is 0 Å².